The molecule has 0 aliphatic carbocycles. The van der Waals surface area contributed by atoms with Gasteiger partial charge in [-0.1, -0.05) is 30.3 Å². The summed E-state index contributed by atoms with van der Waals surface area (Å²) in [4.78, 5) is 31.8. The van der Waals surface area contributed by atoms with E-state index >= 15 is 0 Å². The number of rotatable bonds is 4. The molecule has 142 valence electrons. The van der Waals surface area contributed by atoms with Crippen LogP contribution in [-0.4, -0.2) is 65.3 Å². The molecule has 0 radical (unpaired) electrons. The number of amides is 2. The van der Waals surface area contributed by atoms with Crippen molar-refractivity contribution >= 4 is 23.2 Å². The van der Waals surface area contributed by atoms with Gasteiger partial charge >= 0.3 is 0 Å². The quantitative estimate of drug-likeness (QED) is 0.813. The first-order valence-electron chi connectivity index (χ1n) is 9.56. The fraction of sp³-hybridized carbons (Fsp3) is 0.429. The van der Waals surface area contributed by atoms with Gasteiger partial charge in [0.15, 0.2) is 0 Å². The molecule has 27 heavy (non-hydrogen) atoms. The van der Waals surface area contributed by atoms with Gasteiger partial charge in [-0.05, 0) is 34.4 Å². The van der Waals surface area contributed by atoms with Gasteiger partial charge in [0, 0.05) is 39.3 Å². The lowest BCUT2D eigenvalue weighted by Gasteiger charge is -2.39. The largest absolute Gasteiger partial charge is 0.341 e. The Kier molecular flexibility index (Phi) is 5.55. The van der Waals surface area contributed by atoms with Crippen molar-refractivity contribution in [1.82, 2.24) is 14.7 Å². The number of carbonyl (C=O) groups is 2. The normalized spacial score (nSPS) is 21.0. The van der Waals surface area contributed by atoms with E-state index in [0.717, 1.165) is 31.6 Å². The Morgan fingerprint density at radius 3 is 2.59 bits per heavy atom. The van der Waals surface area contributed by atoms with Crippen LogP contribution in [0.3, 0.4) is 0 Å². The second-order valence-electron chi connectivity index (χ2n) is 7.27. The molecule has 5 nitrogen and oxygen atoms in total. The molecule has 2 saturated heterocycles. The SMILES string of the molecule is O=C(Cc1ccsc1)N1CCC2C(=O)N(Cc3ccccc3)CCN2CC1. The van der Waals surface area contributed by atoms with Gasteiger partial charge in [0.25, 0.3) is 0 Å². The topological polar surface area (TPSA) is 43.9 Å². The van der Waals surface area contributed by atoms with Crippen molar-refractivity contribution in [2.45, 2.75) is 25.4 Å². The molecule has 1 unspecified atom stereocenters. The second kappa shape index (κ2) is 8.23. The lowest BCUT2D eigenvalue weighted by atomic mass is 10.1. The predicted octanol–water partition coefficient (Wildman–Crippen LogP) is 2.24. The molecule has 2 aliphatic rings. The standard InChI is InChI=1S/C21H25N3O2S/c25-20(14-18-7-13-27-16-18)23-8-6-19-21(26)24(12-10-22(19)9-11-23)15-17-4-2-1-3-5-17/h1-5,7,13,16,19H,6,8-12,14-15H2. The van der Waals surface area contributed by atoms with Crippen molar-refractivity contribution in [3.05, 3.63) is 58.3 Å². The summed E-state index contributed by atoms with van der Waals surface area (Å²) in [5, 5.41) is 4.04. The number of benzene rings is 1. The molecule has 1 aromatic heterocycles. The molecule has 2 aromatic rings. The number of carbonyl (C=O) groups excluding carboxylic acids is 2. The Balaban J connectivity index is 1.38. The Bertz CT molecular complexity index is 778. The van der Waals surface area contributed by atoms with Crippen molar-refractivity contribution in [2.75, 3.05) is 32.7 Å². The minimum Gasteiger partial charge on any atom is -0.341 e. The van der Waals surface area contributed by atoms with Crippen molar-refractivity contribution in [3.63, 3.8) is 0 Å². The maximum absolute atomic E-state index is 13.0. The average molecular weight is 384 g/mol. The molecule has 0 N–H and O–H groups in total. The third-order valence-electron chi connectivity index (χ3n) is 5.53. The van der Waals surface area contributed by atoms with E-state index in [0.29, 0.717) is 26.1 Å². The Morgan fingerprint density at radius 2 is 1.81 bits per heavy atom. The average Bonchev–Trinajstić information content (AvgIpc) is 3.09. The van der Waals surface area contributed by atoms with E-state index < -0.39 is 0 Å². The van der Waals surface area contributed by atoms with Crippen LogP contribution < -0.4 is 0 Å². The van der Waals surface area contributed by atoms with Gasteiger partial charge < -0.3 is 9.80 Å². The van der Waals surface area contributed by atoms with Crippen LogP contribution in [0.15, 0.2) is 47.2 Å². The maximum atomic E-state index is 13.0. The Morgan fingerprint density at radius 1 is 1.00 bits per heavy atom. The molecule has 0 bridgehead atoms. The van der Waals surface area contributed by atoms with E-state index in [-0.39, 0.29) is 17.9 Å². The van der Waals surface area contributed by atoms with E-state index in [1.165, 1.54) is 5.56 Å². The molecule has 2 aliphatic heterocycles. The van der Waals surface area contributed by atoms with Crippen molar-refractivity contribution < 1.29 is 9.59 Å². The molecule has 1 aromatic carbocycles. The first kappa shape index (κ1) is 18.2. The summed E-state index contributed by atoms with van der Waals surface area (Å²) in [6.45, 7) is 4.47. The van der Waals surface area contributed by atoms with Crippen LogP contribution >= 0.6 is 11.3 Å². The molecular formula is C21H25N3O2S. The number of thiophene rings is 1. The Labute approximate surface area is 164 Å². The summed E-state index contributed by atoms with van der Waals surface area (Å²) in [6.07, 6.45) is 1.18. The first-order chi connectivity index (χ1) is 13.2. The van der Waals surface area contributed by atoms with Crippen LogP contribution in [0.4, 0.5) is 0 Å². The summed E-state index contributed by atoms with van der Waals surface area (Å²) in [6, 6.07) is 12.1. The van der Waals surface area contributed by atoms with Gasteiger partial charge in [-0.2, -0.15) is 11.3 Å². The highest BCUT2D eigenvalue weighted by molar-refractivity contribution is 7.08. The fourth-order valence-electron chi connectivity index (χ4n) is 3.98. The van der Waals surface area contributed by atoms with Gasteiger partial charge in [-0.25, -0.2) is 0 Å². The van der Waals surface area contributed by atoms with Gasteiger partial charge in [0.05, 0.1) is 12.5 Å². The van der Waals surface area contributed by atoms with Crippen LogP contribution in [-0.2, 0) is 22.6 Å². The molecule has 0 saturated carbocycles. The van der Waals surface area contributed by atoms with Crippen LogP contribution in [0.1, 0.15) is 17.5 Å². The zero-order chi connectivity index (χ0) is 18.6. The number of nitrogens with zero attached hydrogens (tertiary/aromatic N) is 3. The minimum atomic E-state index is -0.0959. The molecule has 2 fully saturated rings. The first-order valence-corrected chi connectivity index (χ1v) is 10.5. The summed E-state index contributed by atoms with van der Waals surface area (Å²) < 4.78 is 0. The zero-order valence-electron chi connectivity index (χ0n) is 15.4. The van der Waals surface area contributed by atoms with Crippen LogP contribution in [0.25, 0.3) is 0 Å². The van der Waals surface area contributed by atoms with E-state index in [1.807, 2.05) is 44.8 Å². The smallest absolute Gasteiger partial charge is 0.240 e. The zero-order valence-corrected chi connectivity index (χ0v) is 16.2. The van der Waals surface area contributed by atoms with E-state index in [4.69, 9.17) is 0 Å². The second-order valence-corrected chi connectivity index (χ2v) is 8.06. The minimum absolute atomic E-state index is 0.0959. The van der Waals surface area contributed by atoms with E-state index in [2.05, 4.69) is 17.0 Å². The fourth-order valence-corrected chi connectivity index (χ4v) is 4.65. The van der Waals surface area contributed by atoms with Crippen molar-refractivity contribution in [2.24, 2.45) is 0 Å². The molecule has 3 heterocycles. The third kappa shape index (κ3) is 4.22. The predicted molar refractivity (Wildman–Crippen MR) is 106 cm³/mol. The number of hydrogen-bond acceptors (Lipinski definition) is 4. The van der Waals surface area contributed by atoms with Gasteiger partial charge in [0.1, 0.15) is 0 Å². The molecular weight excluding hydrogens is 358 g/mol. The lowest BCUT2D eigenvalue weighted by Crippen LogP contribution is -2.56. The highest BCUT2D eigenvalue weighted by Crippen LogP contribution is 2.20. The van der Waals surface area contributed by atoms with E-state index in [9.17, 15) is 9.59 Å². The summed E-state index contributed by atoms with van der Waals surface area (Å²) in [5.41, 5.74) is 2.25. The highest BCUT2D eigenvalue weighted by atomic mass is 32.1. The molecule has 4 rings (SSSR count). The Hall–Kier alpha value is -2.18. The van der Waals surface area contributed by atoms with Crippen LogP contribution in [0, 0.1) is 0 Å². The maximum Gasteiger partial charge on any atom is 0.240 e. The van der Waals surface area contributed by atoms with Gasteiger partial charge in [-0.15, -0.1) is 0 Å². The lowest BCUT2D eigenvalue weighted by molar-refractivity contribution is -0.142. The summed E-state index contributed by atoms with van der Waals surface area (Å²) >= 11 is 1.62. The number of fused-ring (bicyclic) bond motifs is 1. The van der Waals surface area contributed by atoms with Crippen molar-refractivity contribution in [3.8, 4) is 0 Å². The monoisotopic (exact) mass is 383 g/mol. The van der Waals surface area contributed by atoms with E-state index in [1.54, 1.807) is 11.3 Å². The van der Waals surface area contributed by atoms with Gasteiger partial charge in [0.2, 0.25) is 11.8 Å². The number of hydrogen-bond donors (Lipinski definition) is 0. The molecule has 0 spiro atoms. The summed E-state index contributed by atoms with van der Waals surface area (Å²) in [5.74, 6) is 0.374. The van der Waals surface area contributed by atoms with Crippen LogP contribution in [0.5, 0.6) is 0 Å². The third-order valence-corrected chi connectivity index (χ3v) is 6.26. The van der Waals surface area contributed by atoms with Crippen molar-refractivity contribution in [1.29, 1.82) is 0 Å². The summed E-state index contributed by atoms with van der Waals surface area (Å²) in [7, 11) is 0. The van der Waals surface area contributed by atoms with Crippen LogP contribution in [0.2, 0.25) is 0 Å². The highest BCUT2D eigenvalue weighted by Gasteiger charge is 2.37. The number of piperazine rings is 1. The molecule has 2 amide bonds. The molecule has 6 heteroatoms. The van der Waals surface area contributed by atoms with Gasteiger partial charge in [-0.3, -0.25) is 14.5 Å². The molecule has 1 atom stereocenters.